The summed E-state index contributed by atoms with van der Waals surface area (Å²) in [6, 6.07) is 5.87. The van der Waals surface area contributed by atoms with Gasteiger partial charge in [0.1, 0.15) is 11.3 Å². The molecule has 0 saturated carbocycles. The van der Waals surface area contributed by atoms with Crippen LogP contribution in [0, 0.1) is 10.1 Å². The number of nitro groups is 1. The van der Waals surface area contributed by atoms with E-state index < -0.39 is 22.5 Å². The van der Waals surface area contributed by atoms with Gasteiger partial charge in [0.15, 0.2) is 0 Å². The minimum Gasteiger partial charge on any atom is -0.438 e. The van der Waals surface area contributed by atoms with Gasteiger partial charge >= 0.3 is 6.09 Å². The molecule has 0 spiro atoms. The summed E-state index contributed by atoms with van der Waals surface area (Å²) in [6.45, 7) is 3.74. The van der Waals surface area contributed by atoms with Crippen LogP contribution in [0.3, 0.4) is 0 Å². The van der Waals surface area contributed by atoms with Gasteiger partial charge in [-0.2, -0.15) is 0 Å². The number of rotatable bonds is 6. The Bertz CT molecular complexity index is 961. The summed E-state index contributed by atoms with van der Waals surface area (Å²) in [7, 11) is 1.49. The van der Waals surface area contributed by atoms with Gasteiger partial charge < -0.3 is 14.8 Å². The van der Waals surface area contributed by atoms with E-state index in [1.807, 2.05) is 0 Å². The zero-order valence-electron chi connectivity index (χ0n) is 16.2. The van der Waals surface area contributed by atoms with E-state index in [9.17, 15) is 19.7 Å². The van der Waals surface area contributed by atoms with Crippen LogP contribution in [0.5, 0.6) is 0 Å². The van der Waals surface area contributed by atoms with Gasteiger partial charge in [-0.25, -0.2) is 4.79 Å². The Morgan fingerprint density at radius 3 is 2.79 bits per heavy atom. The monoisotopic (exact) mass is 400 g/mol. The predicted octanol–water partition coefficient (Wildman–Crippen LogP) is 3.08. The summed E-state index contributed by atoms with van der Waals surface area (Å²) in [5.74, 6) is -0.539. The van der Waals surface area contributed by atoms with E-state index in [2.05, 4.69) is 10.3 Å². The first kappa shape index (κ1) is 20.2. The Balaban J connectivity index is 2.08. The van der Waals surface area contributed by atoms with Crippen molar-refractivity contribution in [3.05, 3.63) is 57.9 Å². The van der Waals surface area contributed by atoms with E-state index in [4.69, 9.17) is 9.47 Å². The number of fused-ring (bicyclic) bond motifs is 1. The van der Waals surface area contributed by atoms with Gasteiger partial charge in [-0.1, -0.05) is 0 Å². The highest BCUT2D eigenvalue weighted by molar-refractivity contribution is 6.06. The highest BCUT2D eigenvalue weighted by Gasteiger charge is 2.40. The summed E-state index contributed by atoms with van der Waals surface area (Å²) in [6.07, 6.45) is 2.25. The van der Waals surface area contributed by atoms with E-state index in [0.29, 0.717) is 11.3 Å². The summed E-state index contributed by atoms with van der Waals surface area (Å²) in [5.41, 5.74) is -0.255. The Morgan fingerprint density at radius 1 is 1.41 bits per heavy atom. The number of hydrogen-bond acceptors (Lipinski definition) is 7. The van der Waals surface area contributed by atoms with Crippen LogP contribution in [-0.2, 0) is 15.1 Å². The zero-order chi connectivity index (χ0) is 21.2. The minimum absolute atomic E-state index is 0.000295. The van der Waals surface area contributed by atoms with Crippen LogP contribution < -0.4 is 10.2 Å². The van der Waals surface area contributed by atoms with E-state index in [-0.39, 0.29) is 30.1 Å². The maximum absolute atomic E-state index is 12.5. The lowest BCUT2D eigenvalue weighted by Crippen LogP contribution is -2.44. The van der Waals surface area contributed by atoms with Crippen molar-refractivity contribution >= 4 is 29.1 Å². The molecule has 0 saturated heterocycles. The molecule has 29 heavy (non-hydrogen) atoms. The molecule has 3 rings (SSSR count). The number of pyridine rings is 1. The van der Waals surface area contributed by atoms with Crippen LogP contribution in [0.15, 0.2) is 36.7 Å². The van der Waals surface area contributed by atoms with Crippen LogP contribution in [0.4, 0.5) is 21.9 Å². The second-order valence-electron chi connectivity index (χ2n) is 6.86. The smallest absolute Gasteiger partial charge is 0.415 e. The van der Waals surface area contributed by atoms with Crippen LogP contribution in [0.2, 0.25) is 0 Å². The first-order valence-corrected chi connectivity index (χ1v) is 8.78. The minimum atomic E-state index is -1.04. The molecule has 0 radical (unpaired) electrons. The molecular weight excluding hydrogens is 380 g/mol. The van der Waals surface area contributed by atoms with Crippen molar-refractivity contribution in [3.63, 3.8) is 0 Å². The number of nitrogens with one attached hydrogen (secondary N) is 1. The third-order valence-corrected chi connectivity index (χ3v) is 4.50. The number of cyclic esters (lactones) is 1. The summed E-state index contributed by atoms with van der Waals surface area (Å²) >= 11 is 0. The average Bonchev–Trinajstić information content (AvgIpc) is 2.68. The standard InChI is InChI=1S/C19H20N4O6/c1-19(2)13-9-14(21-17(24)12-5-4-6-20-11-12)16(23(26)27)10-15(13)22(7-8-28-3)18(25)29-19/h4-6,9-11H,7-8H2,1-3H3,(H,21,24). The number of amides is 2. The summed E-state index contributed by atoms with van der Waals surface area (Å²) < 4.78 is 10.5. The fourth-order valence-corrected chi connectivity index (χ4v) is 3.05. The van der Waals surface area contributed by atoms with Gasteiger partial charge in [0.05, 0.1) is 29.3 Å². The molecule has 1 aliphatic rings. The van der Waals surface area contributed by atoms with Crippen molar-refractivity contribution in [2.24, 2.45) is 0 Å². The largest absolute Gasteiger partial charge is 0.438 e. The van der Waals surface area contributed by atoms with Crippen molar-refractivity contribution in [1.29, 1.82) is 0 Å². The molecule has 10 heteroatoms. The molecule has 1 N–H and O–H groups in total. The predicted molar refractivity (Wildman–Crippen MR) is 104 cm³/mol. The van der Waals surface area contributed by atoms with E-state index >= 15 is 0 Å². The number of methoxy groups -OCH3 is 1. The molecule has 10 nitrogen and oxygen atoms in total. The maximum Gasteiger partial charge on any atom is 0.415 e. The first-order valence-electron chi connectivity index (χ1n) is 8.78. The number of nitro benzene ring substituents is 1. The van der Waals surface area contributed by atoms with Crippen molar-refractivity contribution in [2.45, 2.75) is 19.4 Å². The highest BCUT2D eigenvalue weighted by Crippen LogP contribution is 2.43. The summed E-state index contributed by atoms with van der Waals surface area (Å²) in [5, 5.41) is 14.2. The van der Waals surface area contributed by atoms with Gasteiger partial charge in [-0.15, -0.1) is 0 Å². The van der Waals surface area contributed by atoms with Crippen LogP contribution >= 0.6 is 0 Å². The van der Waals surface area contributed by atoms with Gasteiger partial charge in [0.25, 0.3) is 11.6 Å². The Morgan fingerprint density at radius 2 is 2.17 bits per heavy atom. The fraction of sp³-hybridized carbons (Fsp3) is 0.316. The van der Waals surface area contributed by atoms with Crippen LogP contribution in [0.25, 0.3) is 0 Å². The van der Waals surface area contributed by atoms with Crippen LogP contribution in [0.1, 0.15) is 29.8 Å². The second kappa shape index (κ2) is 7.84. The molecule has 0 atom stereocenters. The number of aromatic nitrogens is 1. The number of nitrogens with zero attached hydrogens (tertiary/aromatic N) is 3. The molecule has 1 aromatic carbocycles. The molecular formula is C19H20N4O6. The number of hydrogen-bond donors (Lipinski definition) is 1. The quantitative estimate of drug-likeness (QED) is 0.583. The molecule has 1 aliphatic heterocycles. The molecule has 0 unspecified atom stereocenters. The average molecular weight is 400 g/mol. The zero-order valence-corrected chi connectivity index (χ0v) is 16.2. The number of ether oxygens (including phenoxy) is 2. The molecule has 2 aromatic rings. The topological polar surface area (TPSA) is 124 Å². The van der Waals surface area contributed by atoms with Gasteiger partial charge in [0.2, 0.25) is 0 Å². The van der Waals surface area contributed by atoms with E-state index in [1.54, 1.807) is 26.0 Å². The Kier molecular flexibility index (Phi) is 5.46. The lowest BCUT2D eigenvalue weighted by Gasteiger charge is -2.38. The van der Waals surface area contributed by atoms with Gasteiger partial charge in [-0.05, 0) is 32.0 Å². The molecule has 0 aliphatic carbocycles. The molecule has 0 bridgehead atoms. The highest BCUT2D eigenvalue weighted by atomic mass is 16.6. The molecule has 2 amide bonds. The number of anilines is 2. The third-order valence-electron chi connectivity index (χ3n) is 4.50. The molecule has 1 aromatic heterocycles. The molecule has 0 fully saturated rings. The normalized spacial score (nSPS) is 14.7. The van der Waals surface area contributed by atoms with Gasteiger partial charge in [0, 0.05) is 31.1 Å². The first-order chi connectivity index (χ1) is 13.7. The fourth-order valence-electron chi connectivity index (χ4n) is 3.05. The van der Waals surface area contributed by atoms with Crippen LogP contribution in [-0.4, -0.2) is 42.2 Å². The molecule has 2 heterocycles. The molecule has 152 valence electrons. The van der Waals surface area contributed by atoms with Crippen molar-refractivity contribution < 1.29 is 24.0 Å². The van der Waals surface area contributed by atoms with Crippen molar-refractivity contribution in [3.8, 4) is 0 Å². The SMILES string of the molecule is COCCN1C(=O)OC(C)(C)c2cc(NC(=O)c3cccnc3)c([N+](=O)[O-])cc21. The van der Waals surface area contributed by atoms with E-state index in [0.717, 1.165) is 0 Å². The number of benzene rings is 1. The Labute approximate surface area is 166 Å². The van der Waals surface area contributed by atoms with Gasteiger partial charge in [-0.3, -0.25) is 24.8 Å². The maximum atomic E-state index is 12.5. The lowest BCUT2D eigenvalue weighted by molar-refractivity contribution is -0.383. The summed E-state index contributed by atoms with van der Waals surface area (Å²) in [4.78, 5) is 41.1. The van der Waals surface area contributed by atoms with E-state index in [1.165, 1.54) is 36.5 Å². The van der Waals surface area contributed by atoms with Crippen molar-refractivity contribution in [2.75, 3.05) is 30.5 Å². The number of carbonyl (C=O) groups is 2. The number of carbonyl (C=O) groups excluding carboxylic acids is 2. The third kappa shape index (κ3) is 4.02. The lowest BCUT2D eigenvalue weighted by atomic mass is 9.92. The Hall–Kier alpha value is -3.53. The second-order valence-corrected chi connectivity index (χ2v) is 6.86. The van der Waals surface area contributed by atoms with Crippen molar-refractivity contribution in [1.82, 2.24) is 4.98 Å².